The molecule has 0 fully saturated rings. The van der Waals surface area contributed by atoms with E-state index in [0.29, 0.717) is 4.47 Å². The van der Waals surface area contributed by atoms with Crippen LogP contribution in [-0.4, -0.2) is 16.1 Å². The number of aromatic carboxylic acids is 1. The van der Waals surface area contributed by atoms with Crippen LogP contribution in [0.3, 0.4) is 0 Å². The fourth-order valence-corrected chi connectivity index (χ4v) is 1.70. The lowest BCUT2D eigenvalue weighted by Crippen LogP contribution is -2.05. The number of carboxylic acid groups (broad SMARTS) is 1. The molecule has 0 unspecified atom stereocenters. The zero-order chi connectivity index (χ0) is 10.9. The van der Waals surface area contributed by atoms with Gasteiger partial charge in [-0.25, -0.2) is 18.6 Å². The summed E-state index contributed by atoms with van der Waals surface area (Å²) in [5.74, 6) is -1.33. The lowest BCUT2D eigenvalue weighted by molar-refractivity contribution is 0.0688. The highest BCUT2D eigenvalue weighted by Gasteiger charge is 2.19. The van der Waals surface area contributed by atoms with Gasteiger partial charge < -0.3 is 5.11 Å². The van der Waals surface area contributed by atoms with E-state index in [4.69, 9.17) is 5.11 Å². The van der Waals surface area contributed by atoms with Gasteiger partial charge in [0, 0.05) is 4.47 Å². The van der Waals surface area contributed by atoms with Crippen LogP contribution in [-0.2, 0) is 0 Å². The van der Waals surface area contributed by atoms with E-state index >= 15 is 0 Å². The summed E-state index contributed by atoms with van der Waals surface area (Å²) >= 11 is 4.67. The SMILES string of the molecule is O=C(O)c1cc(Br)c(I)c(C(F)F)n1. The summed E-state index contributed by atoms with van der Waals surface area (Å²) in [6.07, 6.45) is -2.78. The van der Waals surface area contributed by atoms with Crippen molar-refractivity contribution in [2.24, 2.45) is 0 Å². The van der Waals surface area contributed by atoms with Crippen molar-refractivity contribution in [3.63, 3.8) is 0 Å². The summed E-state index contributed by atoms with van der Waals surface area (Å²) in [5, 5.41) is 8.58. The van der Waals surface area contributed by atoms with E-state index in [9.17, 15) is 13.6 Å². The molecular weight excluding hydrogens is 375 g/mol. The minimum absolute atomic E-state index is 0.225. The largest absolute Gasteiger partial charge is 0.477 e. The van der Waals surface area contributed by atoms with Gasteiger partial charge in [-0.1, -0.05) is 0 Å². The number of hydrogen-bond donors (Lipinski definition) is 1. The number of carbonyl (C=O) groups is 1. The maximum atomic E-state index is 12.4. The second-order valence-electron chi connectivity index (χ2n) is 2.29. The van der Waals surface area contributed by atoms with Gasteiger partial charge in [0.1, 0.15) is 11.4 Å². The minimum Gasteiger partial charge on any atom is -0.477 e. The molecule has 0 spiro atoms. The molecule has 1 aromatic heterocycles. The Morgan fingerprint density at radius 3 is 2.64 bits per heavy atom. The Morgan fingerprint density at radius 2 is 2.21 bits per heavy atom. The molecule has 1 aromatic rings. The molecule has 0 radical (unpaired) electrons. The summed E-state index contributed by atoms with van der Waals surface area (Å²) in [7, 11) is 0. The van der Waals surface area contributed by atoms with Gasteiger partial charge >= 0.3 is 5.97 Å². The zero-order valence-corrected chi connectivity index (χ0v) is 10.2. The van der Waals surface area contributed by atoms with E-state index in [0.717, 1.165) is 0 Å². The van der Waals surface area contributed by atoms with Crippen molar-refractivity contribution in [3.8, 4) is 0 Å². The van der Waals surface area contributed by atoms with Crippen molar-refractivity contribution in [3.05, 3.63) is 25.5 Å². The fourth-order valence-electron chi connectivity index (χ4n) is 0.771. The summed E-state index contributed by atoms with van der Waals surface area (Å²) in [5.41, 5.74) is -0.912. The molecule has 0 saturated heterocycles. The predicted molar refractivity (Wildman–Crippen MR) is 56.6 cm³/mol. The van der Waals surface area contributed by atoms with Crippen LogP contribution in [0.15, 0.2) is 10.5 Å². The van der Waals surface area contributed by atoms with E-state index in [-0.39, 0.29) is 3.57 Å². The van der Waals surface area contributed by atoms with E-state index in [1.807, 2.05) is 0 Å². The molecule has 1 rings (SSSR count). The molecule has 0 bridgehead atoms. The number of hydrogen-bond acceptors (Lipinski definition) is 2. The lowest BCUT2D eigenvalue weighted by atomic mass is 10.3. The first kappa shape index (κ1) is 11.8. The highest BCUT2D eigenvalue weighted by molar-refractivity contribution is 14.1. The van der Waals surface area contributed by atoms with Gasteiger partial charge in [0.05, 0.1) is 3.57 Å². The van der Waals surface area contributed by atoms with Gasteiger partial charge in [0.2, 0.25) is 0 Å². The molecule has 7 heteroatoms. The van der Waals surface area contributed by atoms with Crippen LogP contribution in [0.5, 0.6) is 0 Å². The molecule has 0 aliphatic rings. The van der Waals surface area contributed by atoms with Gasteiger partial charge in [0.15, 0.2) is 0 Å². The Morgan fingerprint density at radius 1 is 1.64 bits per heavy atom. The van der Waals surface area contributed by atoms with Crippen molar-refractivity contribution < 1.29 is 18.7 Å². The molecule has 1 N–H and O–H groups in total. The monoisotopic (exact) mass is 377 g/mol. The van der Waals surface area contributed by atoms with Crippen molar-refractivity contribution >= 4 is 44.5 Å². The first-order valence-corrected chi connectivity index (χ1v) is 5.18. The third-order valence-corrected chi connectivity index (χ3v) is 3.87. The van der Waals surface area contributed by atoms with Crippen molar-refractivity contribution in [2.75, 3.05) is 0 Å². The fraction of sp³-hybridized carbons (Fsp3) is 0.143. The van der Waals surface area contributed by atoms with Gasteiger partial charge in [-0.15, -0.1) is 0 Å². The maximum absolute atomic E-state index is 12.4. The van der Waals surface area contributed by atoms with E-state index in [1.165, 1.54) is 6.07 Å². The molecule has 3 nitrogen and oxygen atoms in total. The third kappa shape index (κ3) is 2.38. The molecule has 0 aliphatic carbocycles. The van der Waals surface area contributed by atoms with Crippen molar-refractivity contribution in [2.45, 2.75) is 6.43 Å². The van der Waals surface area contributed by atoms with E-state index in [2.05, 4.69) is 20.9 Å². The maximum Gasteiger partial charge on any atom is 0.354 e. The highest BCUT2D eigenvalue weighted by atomic mass is 127. The first-order valence-electron chi connectivity index (χ1n) is 3.31. The van der Waals surface area contributed by atoms with Gasteiger partial charge in [-0.3, -0.25) is 0 Å². The summed E-state index contributed by atoms with van der Waals surface area (Å²) in [6, 6.07) is 1.19. The summed E-state index contributed by atoms with van der Waals surface area (Å²) in [6.45, 7) is 0. The normalized spacial score (nSPS) is 10.6. The van der Waals surface area contributed by atoms with E-state index in [1.54, 1.807) is 22.6 Å². The number of carboxylic acids is 1. The average Bonchev–Trinajstić information content (AvgIpc) is 2.08. The summed E-state index contributed by atoms with van der Waals surface area (Å²) in [4.78, 5) is 13.9. The quantitative estimate of drug-likeness (QED) is 0.806. The third-order valence-electron chi connectivity index (χ3n) is 1.36. The van der Waals surface area contributed by atoms with Crippen LogP contribution in [0.1, 0.15) is 22.6 Å². The van der Waals surface area contributed by atoms with Gasteiger partial charge in [0.25, 0.3) is 6.43 Å². The Bertz CT molecular complexity index is 386. The van der Waals surface area contributed by atoms with Crippen LogP contribution < -0.4 is 0 Å². The predicted octanol–water partition coefficient (Wildman–Crippen LogP) is 3.08. The molecule has 0 aromatic carbocycles. The zero-order valence-electron chi connectivity index (χ0n) is 6.47. The molecule has 0 amide bonds. The number of nitrogens with zero attached hydrogens (tertiary/aromatic N) is 1. The van der Waals surface area contributed by atoms with E-state index < -0.39 is 23.8 Å². The van der Waals surface area contributed by atoms with Crippen LogP contribution in [0.2, 0.25) is 0 Å². The molecule has 0 aliphatic heterocycles. The summed E-state index contributed by atoms with van der Waals surface area (Å²) < 4.78 is 25.3. The Hall–Kier alpha value is -0.310. The topological polar surface area (TPSA) is 50.2 Å². The number of alkyl halides is 2. The van der Waals surface area contributed by atoms with Crippen LogP contribution in [0.4, 0.5) is 8.78 Å². The molecule has 14 heavy (non-hydrogen) atoms. The second kappa shape index (κ2) is 4.47. The Labute approximate surface area is 99.8 Å². The van der Waals surface area contributed by atoms with Crippen molar-refractivity contribution in [1.29, 1.82) is 0 Å². The van der Waals surface area contributed by atoms with Crippen LogP contribution >= 0.6 is 38.5 Å². The standard InChI is InChI=1S/C7H3BrF2INO2/c8-2-1-3(7(13)14)12-5(4(2)11)6(9)10/h1,6H,(H,13,14). The smallest absolute Gasteiger partial charge is 0.354 e. The highest BCUT2D eigenvalue weighted by Crippen LogP contribution is 2.28. The number of pyridine rings is 1. The van der Waals surface area contributed by atoms with Crippen LogP contribution in [0, 0.1) is 3.57 Å². The first-order chi connectivity index (χ1) is 6.43. The molecule has 76 valence electrons. The van der Waals surface area contributed by atoms with Crippen molar-refractivity contribution in [1.82, 2.24) is 4.98 Å². The molecular formula is C7H3BrF2INO2. The number of aromatic nitrogens is 1. The molecule has 0 atom stereocenters. The Balaban J connectivity index is 3.35. The minimum atomic E-state index is -2.78. The van der Waals surface area contributed by atoms with Gasteiger partial charge in [-0.2, -0.15) is 0 Å². The Kier molecular flexibility index (Phi) is 3.76. The lowest BCUT2D eigenvalue weighted by Gasteiger charge is -2.05. The molecule has 1 heterocycles. The number of rotatable bonds is 2. The second-order valence-corrected chi connectivity index (χ2v) is 4.23. The molecule has 0 saturated carbocycles. The van der Waals surface area contributed by atoms with Crippen LogP contribution in [0.25, 0.3) is 0 Å². The van der Waals surface area contributed by atoms with Gasteiger partial charge in [-0.05, 0) is 44.6 Å². The number of halogens is 4. The average molecular weight is 378 g/mol.